The van der Waals surface area contributed by atoms with E-state index in [9.17, 15) is 14.7 Å². The van der Waals surface area contributed by atoms with Crippen LogP contribution in [0.5, 0.6) is 0 Å². The number of nitrogens with zero attached hydrogens (tertiary/aromatic N) is 1. The maximum atomic E-state index is 13.3. The molecule has 6 nitrogen and oxygen atoms in total. The van der Waals surface area contributed by atoms with Crippen molar-refractivity contribution in [2.75, 3.05) is 19.6 Å². The lowest BCUT2D eigenvalue weighted by Crippen LogP contribution is -2.49. The van der Waals surface area contributed by atoms with Gasteiger partial charge in [-0.15, -0.1) is 0 Å². The SMILES string of the molecule is NC(=O)c1ccc2c(c1)CCN(C(=O)CNCC1(O)CCCCC1)C2C1CCCCC1. The van der Waals surface area contributed by atoms with E-state index in [1.165, 1.54) is 31.2 Å². The fraction of sp³-hybridized carbons (Fsp3) is 0.680. The number of hydrogen-bond acceptors (Lipinski definition) is 4. The molecule has 2 saturated carbocycles. The van der Waals surface area contributed by atoms with Gasteiger partial charge in [-0.05, 0) is 61.3 Å². The number of primary amides is 1. The molecule has 4 N–H and O–H groups in total. The van der Waals surface area contributed by atoms with E-state index in [4.69, 9.17) is 5.73 Å². The second-order valence-electron chi connectivity index (χ2n) is 9.85. The van der Waals surface area contributed by atoms with Crippen molar-refractivity contribution < 1.29 is 14.7 Å². The number of fused-ring (bicyclic) bond motifs is 1. The monoisotopic (exact) mass is 427 g/mol. The minimum atomic E-state index is -0.666. The van der Waals surface area contributed by atoms with E-state index in [0.717, 1.165) is 50.5 Å². The van der Waals surface area contributed by atoms with Gasteiger partial charge in [0.2, 0.25) is 11.8 Å². The predicted molar refractivity (Wildman–Crippen MR) is 121 cm³/mol. The van der Waals surface area contributed by atoms with Gasteiger partial charge < -0.3 is 21.1 Å². The average molecular weight is 428 g/mol. The second-order valence-corrected chi connectivity index (χ2v) is 9.85. The second kappa shape index (κ2) is 9.70. The molecule has 1 aromatic rings. The topological polar surface area (TPSA) is 95.7 Å². The molecule has 4 rings (SSSR count). The molecule has 1 aromatic carbocycles. The maximum absolute atomic E-state index is 13.3. The zero-order valence-electron chi connectivity index (χ0n) is 18.6. The first-order valence-corrected chi connectivity index (χ1v) is 12.1. The fourth-order valence-electron chi connectivity index (χ4n) is 5.94. The van der Waals surface area contributed by atoms with Gasteiger partial charge in [0.15, 0.2) is 0 Å². The van der Waals surface area contributed by atoms with Crippen molar-refractivity contribution in [2.24, 2.45) is 11.7 Å². The van der Waals surface area contributed by atoms with Crippen molar-refractivity contribution in [3.05, 3.63) is 34.9 Å². The Morgan fingerprint density at radius 3 is 2.52 bits per heavy atom. The van der Waals surface area contributed by atoms with E-state index >= 15 is 0 Å². The molecule has 2 fully saturated rings. The third-order valence-corrected chi connectivity index (χ3v) is 7.64. The Bertz CT molecular complexity index is 797. The Hall–Kier alpha value is -1.92. The van der Waals surface area contributed by atoms with Crippen molar-refractivity contribution in [2.45, 2.75) is 82.3 Å². The Labute approximate surface area is 185 Å². The van der Waals surface area contributed by atoms with E-state index in [0.29, 0.717) is 24.6 Å². The van der Waals surface area contributed by atoms with Crippen LogP contribution in [-0.4, -0.2) is 47.1 Å². The standard InChI is InChI=1S/C25H37N3O3/c26-24(30)20-9-10-21-19(15-20)11-14-28(23(21)18-7-3-1-4-8-18)22(29)16-27-17-25(31)12-5-2-6-13-25/h9-10,15,18,23,27,31H,1-8,11-14,16-17H2,(H2,26,30). The van der Waals surface area contributed by atoms with Crippen molar-refractivity contribution in [3.8, 4) is 0 Å². The van der Waals surface area contributed by atoms with E-state index in [-0.39, 0.29) is 18.5 Å². The van der Waals surface area contributed by atoms with E-state index < -0.39 is 11.5 Å². The lowest BCUT2D eigenvalue weighted by Gasteiger charge is -2.43. The summed E-state index contributed by atoms with van der Waals surface area (Å²) in [5.41, 5.74) is 7.71. The molecule has 3 aliphatic rings. The summed E-state index contributed by atoms with van der Waals surface area (Å²) in [6, 6.07) is 5.82. The Morgan fingerprint density at radius 2 is 1.81 bits per heavy atom. The molecule has 2 aliphatic carbocycles. The molecule has 1 atom stereocenters. The summed E-state index contributed by atoms with van der Waals surface area (Å²) in [5.74, 6) is 0.165. The van der Waals surface area contributed by atoms with Crippen molar-refractivity contribution >= 4 is 11.8 Å². The molecule has 0 bridgehead atoms. The molecule has 0 spiro atoms. The molecular formula is C25H37N3O3. The first-order valence-electron chi connectivity index (χ1n) is 12.1. The number of nitrogens with one attached hydrogen (secondary N) is 1. The Morgan fingerprint density at radius 1 is 1.10 bits per heavy atom. The number of carbonyl (C=O) groups is 2. The lowest BCUT2D eigenvalue weighted by atomic mass is 9.77. The first kappa shape index (κ1) is 22.3. The van der Waals surface area contributed by atoms with Crippen molar-refractivity contribution in [1.82, 2.24) is 10.2 Å². The van der Waals surface area contributed by atoms with Crippen LogP contribution in [0.3, 0.4) is 0 Å². The largest absolute Gasteiger partial charge is 0.389 e. The third-order valence-electron chi connectivity index (χ3n) is 7.64. The quantitative estimate of drug-likeness (QED) is 0.650. The van der Waals surface area contributed by atoms with E-state index in [2.05, 4.69) is 10.2 Å². The number of benzene rings is 1. The summed E-state index contributed by atoms with van der Waals surface area (Å²) in [6.07, 6.45) is 11.7. The summed E-state index contributed by atoms with van der Waals surface area (Å²) in [7, 11) is 0. The maximum Gasteiger partial charge on any atom is 0.248 e. The van der Waals surface area contributed by atoms with Crippen LogP contribution in [0.4, 0.5) is 0 Å². The number of aliphatic hydroxyl groups is 1. The van der Waals surface area contributed by atoms with Crippen LogP contribution >= 0.6 is 0 Å². The molecule has 1 unspecified atom stereocenters. The summed E-state index contributed by atoms with van der Waals surface area (Å²) in [6.45, 7) is 1.42. The van der Waals surface area contributed by atoms with Crippen LogP contribution in [0, 0.1) is 5.92 Å². The first-order chi connectivity index (χ1) is 15.0. The van der Waals surface area contributed by atoms with E-state index in [1.54, 1.807) is 0 Å². The highest BCUT2D eigenvalue weighted by Gasteiger charge is 2.37. The van der Waals surface area contributed by atoms with Crippen LogP contribution in [0.1, 0.15) is 91.7 Å². The number of nitrogens with two attached hydrogens (primary N) is 1. The van der Waals surface area contributed by atoms with Gasteiger partial charge in [0.1, 0.15) is 0 Å². The fourth-order valence-corrected chi connectivity index (χ4v) is 5.94. The molecule has 170 valence electrons. The summed E-state index contributed by atoms with van der Waals surface area (Å²) >= 11 is 0. The molecule has 6 heteroatoms. The van der Waals surface area contributed by atoms with Gasteiger partial charge >= 0.3 is 0 Å². The highest BCUT2D eigenvalue weighted by Crippen LogP contribution is 2.42. The summed E-state index contributed by atoms with van der Waals surface area (Å²) < 4.78 is 0. The number of rotatable bonds is 6. The van der Waals surface area contributed by atoms with Crippen molar-refractivity contribution in [1.29, 1.82) is 0 Å². The van der Waals surface area contributed by atoms with Crippen LogP contribution in [-0.2, 0) is 11.2 Å². The van der Waals surface area contributed by atoms with Crippen molar-refractivity contribution in [3.63, 3.8) is 0 Å². The highest BCUT2D eigenvalue weighted by molar-refractivity contribution is 5.93. The highest BCUT2D eigenvalue weighted by atomic mass is 16.3. The minimum absolute atomic E-state index is 0.0676. The minimum Gasteiger partial charge on any atom is -0.389 e. The van der Waals surface area contributed by atoms with Crippen LogP contribution in [0.15, 0.2) is 18.2 Å². The molecule has 1 heterocycles. The molecule has 31 heavy (non-hydrogen) atoms. The smallest absolute Gasteiger partial charge is 0.248 e. The molecular weight excluding hydrogens is 390 g/mol. The zero-order valence-corrected chi connectivity index (χ0v) is 18.6. The van der Waals surface area contributed by atoms with Gasteiger partial charge in [-0.1, -0.05) is 44.6 Å². The van der Waals surface area contributed by atoms with Gasteiger partial charge in [0.05, 0.1) is 18.2 Å². The molecule has 2 amide bonds. The predicted octanol–water partition coefficient (Wildman–Crippen LogP) is 3.08. The number of carbonyl (C=O) groups excluding carboxylic acids is 2. The molecule has 0 radical (unpaired) electrons. The number of amides is 2. The van der Waals surface area contributed by atoms with Gasteiger partial charge in [-0.2, -0.15) is 0 Å². The van der Waals surface area contributed by atoms with Gasteiger partial charge in [0.25, 0.3) is 0 Å². The normalized spacial score (nSPS) is 23.9. The van der Waals surface area contributed by atoms with Gasteiger partial charge in [-0.25, -0.2) is 0 Å². The Balaban J connectivity index is 1.48. The number of hydrogen-bond donors (Lipinski definition) is 3. The molecule has 1 aliphatic heterocycles. The molecule has 0 aromatic heterocycles. The van der Waals surface area contributed by atoms with Gasteiger partial charge in [0, 0.05) is 18.7 Å². The summed E-state index contributed by atoms with van der Waals surface area (Å²) in [4.78, 5) is 27.0. The van der Waals surface area contributed by atoms with Crippen LogP contribution in [0.2, 0.25) is 0 Å². The Kier molecular flexibility index (Phi) is 6.97. The zero-order chi connectivity index (χ0) is 21.8. The lowest BCUT2D eigenvalue weighted by molar-refractivity contribution is -0.135. The summed E-state index contributed by atoms with van der Waals surface area (Å²) in [5, 5.41) is 14.0. The molecule has 0 saturated heterocycles. The van der Waals surface area contributed by atoms with Crippen LogP contribution in [0.25, 0.3) is 0 Å². The van der Waals surface area contributed by atoms with Crippen LogP contribution < -0.4 is 11.1 Å². The third kappa shape index (κ3) is 5.12. The van der Waals surface area contributed by atoms with Gasteiger partial charge in [-0.3, -0.25) is 9.59 Å². The average Bonchev–Trinajstić information content (AvgIpc) is 2.78. The van der Waals surface area contributed by atoms with E-state index in [1.807, 2.05) is 18.2 Å².